The first kappa shape index (κ1) is 56.1. The molecule has 0 heterocycles. The van der Waals surface area contributed by atoms with Gasteiger partial charge in [-0.15, -0.1) is 0 Å². The van der Waals surface area contributed by atoms with Crippen molar-refractivity contribution in [2.24, 2.45) is 0 Å². The topological polar surface area (TPSA) is 35.5 Å². The summed E-state index contributed by atoms with van der Waals surface area (Å²) < 4.78 is 22.8. The van der Waals surface area contributed by atoms with Crippen molar-refractivity contribution in [3.8, 4) is 0 Å². The van der Waals surface area contributed by atoms with Crippen LogP contribution in [0.15, 0.2) is 0 Å². The molecule has 0 unspecified atom stereocenters. The Morgan fingerprint density at radius 2 is 0.339 bits per heavy atom. The van der Waals surface area contributed by atoms with Gasteiger partial charge in [-0.05, 0) is 12.8 Å². The summed E-state index contributed by atoms with van der Waals surface area (Å²) in [7, 11) is 0. The molecule has 338 valence electrons. The van der Waals surface area contributed by atoms with Crippen molar-refractivity contribution in [3.63, 3.8) is 0 Å². The standard InChI is InChI=1S/C52H106O3S/c1-3-5-7-9-11-13-15-17-19-21-23-25-27-29-31-33-35-37-39-41-43-45-47-49-51-54-56(53)55-52-50-48-46-44-42-40-38-36-34-32-30-28-26-24-22-20-18-16-14-12-10-8-6-4-2/h3-52H2,1-2H3. The Labute approximate surface area is 357 Å². The number of hydrogen-bond donors (Lipinski definition) is 0. The second-order valence-electron chi connectivity index (χ2n) is 18.1. The second-order valence-corrected chi connectivity index (χ2v) is 19.0. The molecule has 0 rings (SSSR count). The van der Waals surface area contributed by atoms with Crippen LogP contribution in [0.2, 0.25) is 0 Å². The number of unbranched alkanes of at least 4 members (excludes halogenated alkanes) is 46. The van der Waals surface area contributed by atoms with Crippen molar-refractivity contribution < 1.29 is 12.6 Å². The molecule has 0 amide bonds. The highest BCUT2D eigenvalue weighted by molar-refractivity contribution is 7.75. The van der Waals surface area contributed by atoms with Gasteiger partial charge in [0.2, 0.25) is 0 Å². The average molecular weight is 811 g/mol. The van der Waals surface area contributed by atoms with Gasteiger partial charge in [-0.1, -0.05) is 309 Å². The van der Waals surface area contributed by atoms with E-state index in [1.54, 1.807) is 0 Å². The van der Waals surface area contributed by atoms with Crippen molar-refractivity contribution >= 4 is 11.4 Å². The molecule has 0 atom stereocenters. The monoisotopic (exact) mass is 811 g/mol. The summed E-state index contributed by atoms with van der Waals surface area (Å²) in [5.41, 5.74) is 0. The molecule has 0 aliphatic rings. The lowest BCUT2D eigenvalue weighted by molar-refractivity contribution is 0.240. The van der Waals surface area contributed by atoms with E-state index in [9.17, 15) is 4.21 Å². The highest BCUT2D eigenvalue weighted by atomic mass is 32.2. The summed E-state index contributed by atoms with van der Waals surface area (Å²) in [6.07, 6.45) is 67.3. The first-order valence-electron chi connectivity index (χ1n) is 26.5. The van der Waals surface area contributed by atoms with Crippen LogP contribution in [-0.4, -0.2) is 17.4 Å². The molecule has 0 saturated heterocycles. The highest BCUT2D eigenvalue weighted by Gasteiger charge is 2.02. The maximum atomic E-state index is 12.0. The van der Waals surface area contributed by atoms with Crippen molar-refractivity contribution in [1.82, 2.24) is 0 Å². The van der Waals surface area contributed by atoms with E-state index in [0.29, 0.717) is 13.2 Å². The molecule has 0 aromatic heterocycles. The number of rotatable bonds is 52. The van der Waals surface area contributed by atoms with Crippen LogP contribution in [-0.2, 0) is 19.7 Å². The third kappa shape index (κ3) is 52.1. The SMILES string of the molecule is CCCCCCCCCCCCCCCCCCCCCCCCCCOS(=O)OCCCCCCCCCCCCCCCCCCCCCCCCCC. The Morgan fingerprint density at radius 1 is 0.214 bits per heavy atom. The molecule has 56 heavy (non-hydrogen) atoms. The van der Waals surface area contributed by atoms with Gasteiger partial charge in [-0.3, -0.25) is 8.37 Å². The Morgan fingerprint density at radius 3 is 0.482 bits per heavy atom. The van der Waals surface area contributed by atoms with Crippen LogP contribution < -0.4 is 0 Å². The minimum Gasteiger partial charge on any atom is -0.268 e. The Bertz CT molecular complexity index is 644. The predicted octanol–water partition coefficient (Wildman–Crippen LogP) is 19.4. The van der Waals surface area contributed by atoms with Crippen LogP contribution in [0.5, 0.6) is 0 Å². The van der Waals surface area contributed by atoms with Gasteiger partial charge >= 0.3 is 11.4 Å². The van der Waals surface area contributed by atoms with E-state index in [1.807, 2.05) is 0 Å². The van der Waals surface area contributed by atoms with Crippen LogP contribution in [0.3, 0.4) is 0 Å². The molecule has 0 N–H and O–H groups in total. The van der Waals surface area contributed by atoms with Crippen molar-refractivity contribution in [3.05, 3.63) is 0 Å². The Hall–Kier alpha value is 0.0700. The molecule has 0 aliphatic heterocycles. The van der Waals surface area contributed by atoms with Gasteiger partial charge < -0.3 is 0 Å². The lowest BCUT2D eigenvalue weighted by Crippen LogP contribution is -2.05. The lowest BCUT2D eigenvalue weighted by atomic mass is 10.0. The summed E-state index contributed by atoms with van der Waals surface area (Å²) >= 11 is -1.56. The summed E-state index contributed by atoms with van der Waals surface area (Å²) in [6.45, 7) is 5.73. The lowest BCUT2D eigenvalue weighted by Gasteiger charge is -2.05. The van der Waals surface area contributed by atoms with Crippen LogP contribution >= 0.6 is 0 Å². The molecule has 0 aromatic rings. The van der Waals surface area contributed by atoms with Gasteiger partial charge in [-0.2, -0.15) is 4.21 Å². The van der Waals surface area contributed by atoms with Crippen LogP contribution in [0.25, 0.3) is 0 Å². The molecule has 0 bridgehead atoms. The van der Waals surface area contributed by atoms with Crippen LogP contribution in [0.4, 0.5) is 0 Å². The summed E-state index contributed by atoms with van der Waals surface area (Å²) in [5, 5.41) is 0. The van der Waals surface area contributed by atoms with E-state index in [2.05, 4.69) is 13.8 Å². The van der Waals surface area contributed by atoms with Crippen molar-refractivity contribution in [2.45, 2.75) is 322 Å². The molecule has 0 aromatic carbocycles. The fraction of sp³-hybridized carbons (Fsp3) is 1.00. The van der Waals surface area contributed by atoms with E-state index in [1.165, 1.54) is 295 Å². The zero-order chi connectivity index (χ0) is 40.3. The molecule has 0 saturated carbocycles. The van der Waals surface area contributed by atoms with Gasteiger partial charge in [0.15, 0.2) is 0 Å². The molecule has 4 heteroatoms. The quantitative estimate of drug-likeness (QED) is 0.0574. The molecule has 0 spiro atoms. The van der Waals surface area contributed by atoms with Gasteiger partial charge in [0.1, 0.15) is 0 Å². The smallest absolute Gasteiger partial charge is 0.268 e. The third-order valence-corrected chi connectivity index (χ3v) is 13.1. The minimum atomic E-state index is -1.56. The summed E-state index contributed by atoms with van der Waals surface area (Å²) in [4.78, 5) is 0. The molecular formula is C52H106O3S. The Kier molecular flexibility index (Phi) is 53.2. The van der Waals surface area contributed by atoms with Gasteiger partial charge in [-0.25, -0.2) is 0 Å². The highest BCUT2D eigenvalue weighted by Crippen LogP contribution is 2.18. The summed E-state index contributed by atoms with van der Waals surface area (Å²) in [5.74, 6) is 0. The maximum Gasteiger partial charge on any atom is 0.304 e. The summed E-state index contributed by atoms with van der Waals surface area (Å²) in [6, 6.07) is 0. The van der Waals surface area contributed by atoms with E-state index in [4.69, 9.17) is 8.37 Å². The fourth-order valence-electron chi connectivity index (χ4n) is 8.42. The first-order chi connectivity index (χ1) is 27.8. The van der Waals surface area contributed by atoms with E-state index < -0.39 is 11.4 Å². The largest absolute Gasteiger partial charge is 0.304 e. The van der Waals surface area contributed by atoms with Crippen LogP contribution in [0.1, 0.15) is 322 Å². The first-order valence-corrected chi connectivity index (χ1v) is 27.5. The predicted molar refractivity (Wildman–Crippen MR) is 253 cm³/mol. The second kappa shape index (κ2) is 53.1. The zero-order valence-electron chi connectivity index (χ0n) is 39.0. The average Bonchev–Trinajstić information content (AvgIpc) is 3.20. The molecule has 0 aliphatic carbocycles. The minimum absolute atomic E-state index is 0.561. The number of hydrogen-bond acceptors (Lipinski definition) is 3. The van der Waals surface area contributed by atoms with Gasteiger partial charge in [0, 0.05) is 0 Å². The van der Waals surface area contributed by atoms with E-state index >= 15 is 0 Å². The zero-order valence-corrected chi connectivity index (χ0v) is 39.8. The maximum absolute atomic E-state index is 12.0. The molecule has 0 fully saturated rings. The molecule has 0 radical (unpaired) electrons. The van der Waals surface area contributed by atoms with Crippen molar-refractivity contribution in [1.29, 1.82) is 0 Å². The van der Waals surface area contributed by atoms with E-state index in [-0.39, 0.29) is 0 Å². The Balaban J connectivity index is 3.14. The van der Waals surface area contributed by atoms with Gasteiger partial charge in [0.25, 0.3) is 0 Å². The third-order valence-electron chi connectivity index (χ3n) is 12.4. The fourth-order valence-corrected chi connectivity index (χ4v) is 8.99. The normalized spacial score (nSPS) is 11.8. The van der Waals surface area contributed by atoms with Gasteiger partial charge in [0.05, 0.1) is 13.2 Å². The van der Waals surface area contributed by atoms with Crippen LogP contribution in [0, 0.1) is 0 Å². The molecular weight excluding hydrogens is 705 g/mol. The van der Waals surface area contributed by atoms with E-state index in [0.717, 1.165) is 12.8 Å². The molecule has 3 nitrogen and oxygen atoms in total. The van der Waals surface area contributed by atoms with Crippen molar-refractivity contribution in [2.75, 3.05) is 13.2 Å².